The number of rotatable bonds is 3. The summed E-state index contributed by atoms with van der Waals surface area (Å²) in [5.41, 5.74) is 8.13. The van der Waals surface area contributed by atoms with Gasteiger partial charge in [0.25, 0.3) is 0 Å². The Labute approximate surface area is 120 Å². The second-order valence-corrected chi connectivity index (χ2v) is 4.59. The fraction of sp³-hybridized carbons (Fsp3) is 0.143. The molecule has 7 nitrogen and oxygen atoms in total. The molecule has 0 aliphatic heterocycles. The zero-order chi connectivity index (χ0) is 14.8. The third-order valence-corrected chi connectivity index (χ3v) is 3.17. The Bertz CT molecular complexity index is 823. The summed E-state index contributed by atoms with van der Waals surface area (Å²) in [5.74, 6) is 1.43. The highest BCUT2D eigenvalue weighted by Gasteiger charge is 2.16. The summed E-state index contributed by atoms with van der Waals surface area (Å²) < 4.78 is 1.88. The summed E-state index contributed by atoms with van der Waals surface area (Å²) in [7, 11) is 0. The quantitative estimate of drug-likeness (QED) is 0.327. The van der Waals surface area contributed by atoms with E-state index in [1.165, 1.54) is 0 Å². The minimum absolute atomic E-state index is 0.0908. The van der Waals surface area contributed by atoms with E-state index < -0.39 is 0 Å². The first-order valence-corrected chi connectivity index (χ1v) is 6.41. The number of nitrogens with two attached hydrogens (primary N) is 1. The van der Waals surface area contributed by atoms with E-state index in [4.69, 9.17) is 10.9 Å². The Morgan fingerprint density at radius 1 is 1.29 bits per heavy atom. The van der Waals surface area contributed by atoms with Crippen LogP contribution in [0.5, 0.6) is 0 Å². The third kappa shape index (κ3) is 2.29. The van der Waals surface area contributed by atoms with Gasteiger partial charge in [0.15, 0.2) is 5.82 Å². The van der Waals surface area contributed by atoms with Gasteiger partial charge in [-0.2, -0.15) is 0 Å². The number of nitrogens with zero attached hydrogens (tertiary/aromatic N) is 5. The molecule has 3 rings (SSSR count). The van der Waals surface area contributed by atoms with Crippen molar-refractivity contribution in [1.82, 2.24) is 19.5 Å². The number of aryl methyl sites for hydroxylation is 1. The molecule has 0 spiro atoms. The van der Waals surface area contributed by atoms with E-state index in [1.54, 1.807) is 12.4 Å². The highest BCUT2D eigenvalue weighted by Crippen LogP contribution is 2.21. The minimum Gasteiger partial charge on any atom is -0.409 e. The van der Waals surface area contributed by atoms with E-state index in [2.05, 4.69) is 20.1 Å². The Kier molecular flexibility index (Phi) is 3.23. The van der Waals surface area contributed by atoms with E-state index in [0.717, 1.165) is 16.7 Å². The molecule has 0 atom stereocenters. The summed E-state index contributed by atoms with van der Waals surface area (Å²) in [4.78, 5) is 13.2. The summed E-state index contributed by atoms with van der Waals surface area (Å²) in [6, 6.07) is 7.70. The van der Waals surface area contributed by atoms with Crippen molar-refractivity contribution in [3.8, 4) is 5.82 Å². The van der Waals surface area contributed by atoms with Gasteiger partial charge >= 0.3 is 0 Å². The monoisotopic (exact) mass is 282 g/mol. The lowest BCUT2D eigenvalue weighted by atomic mass is 10.3. The van der Waals surface area contributed by atoms with Crippen LogP contribution < -0.4 is 5.73 Å². The summed E-state index contributed by atoms with van der Waals surface area (Å²) in [6.07, 6.45) is 3.49. The fourth-order valence-electron chi connectivity index (χ4n) is 2.25. The molecule has 0 saturated carbocycles. The second kappa shape index (κ2) is 5.20. The maximum atomic E-state index is 8.78. The molecule has 0 radical (unpaired) electrons. The standard InChI is InChI=1S/C14H14N6O/c1-9-14(17-7-6-16-9)20-11-5-3-2-4-10(11)18-13(20)8-12(15)19-21/h2-7,21H,8H2,1H3,(H2,15,19). The lowest BCUT2D eigenvalue weighted by Crippen LogP contribution is -2.18. The number of hydrogen-bond acceptors (Lipinski definition) is 5. The average molecular weight is 282 g/mol. The van der Waals surface area contributed by atoms with Crippen molar-refractivity contribution in [2.45, 2.75) is 13.3 Å². The normalized spacial score (nSPS) is 12.0. The lowest BCUT2D eigenvalue weighted by molar-refractivity contribution is 0.317. The predicted molar refractivity (Wildman–Crippen MR) is 78.5 cm³/mol. The molecule has 0 aliphatic rings. The maximum absolute atomic E-state index is 8.78. The van der Waals surface area contributed by atoms with Crippen LogP contribution in [-0.2, 0) is 6.42 Å². The van der Waals surface area contributed by atoms with E-state index in [-0.39, 0.29) is 12.3 Å². The van der Waals surface area contributed by atoms with Crippen molar-refractivity contribution < 1.29 is 5.21 Å². The number of aromatic nitrogens is 4. The lowest BCUT2D eigenvalue weighted by Gasteiger charge is -2.09. The van der Waals surface area contributed by atoms with Crippen LogP contribution in [0.1, 0.15) is 11.5 Å². The first kappa shape index (κ1) is 13.0. The van der Waals surface area contributed by atoms with Gasteiger partial charge in [0.05, 0.1) is 23.1 Å². The molecule has 2 heterocycles. The first-order valence-electron chi connectivity index (χ1n) is 6.41. The summed E-state index contributed by atoms with van der Waals surface area (Å²) >= 11 is 0. The van der Waals surface area contributed by atoms with Crippen LogP contribution in [-0.4, -0.2) is 30.6 Å². The first-order chi connectivity index (χ1) is 10.2. The number of amidine groups is 1. The number of fused-ring (bicyclic) bond motifs is 1. The van der Waals surface area contributed by atoms with E-state index in [1.807, 2.05) is 35.8 Å². The van der Waals surface area contributed by atoms with E-state index >= 15 is 0 Å². The zero-order valence-corrected chi connectivity index (χ0v) is 11.4. The summed E-state index contributed by atoms with van der Waals surface area (Å²) in [5, 5.41) is 11.8. The summed E-state index contributed by atoms with van der Waals surface area (Å²) in [6.45, 7) is 1.88. The molecule has 1 aromatic carbocycles. The van der Waals surface area contributed by atoms with Gasteiger partial charge in [0.1, 0.15) is 11.7 Å². The maximum Gasteiger partial charge on any atom is 0.160 e. The Morgan fingerprint density at radius 2 is 2.05 bits per heavy atom. The van der Waals surface area contributed by atoms with Gasteiger partial charge in [-0.1, -0.05) is 17.3 Å². The van der Waals surface area contributed by atoms with Gasteiger partial charge in [0, 0.05) is 12.4 Å². The average Bonchev–Trinajstić information content (AvgIpc) is 2.85. The molecule has 0 saturated heterocycles. The number of oxime groups is 1. The van der Waals surface area contributed by atoms with Crippen molar-refractivity contribution in [3.05, 3.63) is 48.2 Å². The molecule has 0 amide bonds. The SMILES string of the molecule is Cc1nccnc1-n1c(C/C(N)=N/O)nc2ccccc21. The number of hydrogen-bond donors (Lipinski definition) is 2. The molecule has 0 unspecified atom stereocenters. The van der Waals surface area contributed by atoms with Gasteiger partial charge < -0.3 is 10.9 Å². The fourth-order valence-corrected chi connectivity index (χ4v) is 2.25. The Morgan fingerprint density at radius 3 is 2.81 bits per heavy atom. The molecule has 0 aliphatic carbocycles. The Hall–Kier alpha value is -2.96. The second-order valence-electron chi connectivity index (χ2n) is 4.59. The van der Waals surface area contributed by atoms with E-state index in [9.17, 15) is 0 Å². The van der Waals surface area contributed by atoms with Crippen LogP contribution in [0, 0.1) is 6.92 Å². The highest BCUT2D eigenvalue weighted by atomic mass is 16.4. The van der Waals surface area contributed by atoms with Crippen molar-refractivity contribution in [2.24, 2.45) is 10.9 Å². The van der Waals surface area contributed by atoms with Gasteiger partial charge in [-0.3, -0.25) is 9.55 Å². The van der Waals surface area contributed by atoms with Crippen LogP contribution in [0.15, 0.2) is 41.8 Å². The predicted octanol–water partition coefficient (Wildman–Crippen LogP) is 1.41. The van der Waals surface area contributed by atoms with Gasteiger partial charge in [0.2, 0.25) is 0 Å². The van der Waals surface area contributed by atoms with Crippen molar-refractivity contribution in [2.75, 3.05) is 0 Å². The number of imidazole rings is 1. The van der Waals surface area contributed by atoms with Crippen LogP contribution in [0.25, 0.3) is 16.9 Å². The zero-order valence-electron chi connectivity index (χ0n) is 11.4. The molecule has 3 N–H and O–H groups in total. The van der Waals surface area contributed by atoms with Crippen LogP contribution >= 0.6 is 0 Å². The van der Waals surface area contributed by atoms with Crippen molar-refractivity contribution in [3.63, 3.8) is 0 Å². The molecule has 0 fully saturated rings. The molecule has 21 heavy (non-hydrogen) atoms. The molecule has 7 heteroatoms. The topological polar surface area (TPSA) is 102 Å². The molecule has 3 aromatic rings. The van der Waals surface area contributed by atoms with Gasteiger partial charge in [-0.25, -0.2) is 9.97 Å². The minimum atomic E-state index is 0.0908. The molecular weight excluding hydrogens is 268 g/mol. The largest absolute Gasteiger partial charge is 0.409 e. The third-order valence-electron chi connectivity index (χ3n) is 3.17. The number of para-hydroxylation sites is 2. The van der Waals surface area contributed by atoms with Crippen molar-refractivity contribution >= 4 is 16.9 Å². The van der Waals surface area contributed by atoms with Gasteiger partial charge in [-0.15, -0.1) is 0 Å². The molecule has 0 bridgehead atoms. The molecule has 106 valence electrons. The van der Waals surface area contributed by atoms with E-state index in [0.29, 0.717) is 11.6 Å². The number of benzene rings is 1. The molecular formula is C14H14N6O. The van der Waals surface area contributed by atoms with Crippen LogP contribution in [0.2, 0.25) is 0 Å². The van der Waals surface area contributed by atoms with Crippen molar-refractivity contribution in [1.29, 1.82) is 0 Å². The Balaban J connectivity index is 2.28. The van der Waals surface area contributed by atoms with Crippen LogP contribution in [0.4, 0.5) is 0 Å². The molecule has 2 aromatic heterocycles. The van der Waals surface area contributed by atoms with Crippen LogP contribution in [0.3, 0.4) is 0 Å². The van der Waals surface area contributed by atoms with Gasteiger partial charge in [-0.05, 0) is 19.1 Å². The highest BCUT2D eigenvalue weighted by molar-refractivity contribution is 5.84. The smallest absolute Gasteiger partial charge is 0.160 e.